The first kappa shape index (κ1) is 15.3. The first-order valence-electron chi connectivity index (χ1n) is 6.79. The van der Waals surface area contributed by atoms with Gasteiger partial charge in [0, 0.05) is 25.1 Å². The molecular weight excluding hydrogens is 236 g/mol. The van der Waals surface area contributed by atoms with E-state index in [1.165, 1.54) is 5.56 Å². The first-order valence-corrected chi connectivity index (χ1v) is 6.79. The van der Waals surface area contributed by atoms with Gasteiger partial charge in [0.2, 0.25) is 5.91 Å². The van der Waals surface area contributed by atoms with Crippen LogP contribution in [0.4, 0.5) is 5.69 Å². The number of terminal acetylenes is 1. The van der Waals surface area contributed by atoms with E-state index in [0.29, 0.717) is 6.42 Å². The monoisotopic (exact) mass is 258 g/mol. The van der Waals surface area contributed by atoms with Crippen LogP contribution in [-0.2, 0) is 11.3 Å². The summed E-state index contributed by atoms with van der Waals surface area (Å²) in [5.74, 6) is 2.63. The number of rotatable bonds is 8. The second-order valence-electron chi connectivity index (χ2n) is 4.44. The van der Waals surface area contributed by atoms with Crippen molar-refractivity contribution in [3.05, 3.63) is 29.8 Å². The Labute approximate surface area is 115 Å². The quantitative estimate of drug-likeness (QED) is 0.556. The van der Waals surface area contributed by atoms with Crippen LogP contribution in [0.5, 0.6) is 0 Å². The molecular formula is C16H22N2O. The lowest BCUT2D eigenvalue weighted by atomic mass is 10.1. The second kappa shape index (κ2) is 9.18. The third-order valence-corrected chi connectivity index (χ3v) is 2.76. The van der Waals surface area contributed by atoms with E-state index in [2.05, 4.69) is 23.5 Å². The van der Waals surface area contributed by atoms with E-state index in [1.54, 1.807) is 0 Å². The zero-order valence-corrected chi connectivity index (χ0v) is 11.5. The summed E-state index contributed by atoms with van der Waals surface area (Å²) in [5.41, 5.74) is 2.03. The SMILES string of the molecule is C#CCCCCC(=O)Nc1cccc(CNCC)c1. The van der Waals surface area contributed by atoms with Crippen LogP contribution in [0.15, 0.2) is 24.3 Å². The van der Waals surface area contributed by atoms with E-state index in [9.17, 15) is 4.79 Å². The van der Waals surface area contributed by atoms with Crippen molar-refractivity contribution >= 4 is 11.6 Å². The van der Waals surface area contributed by atoms with Gasteiger partial charge in [-0.25, -0.2) is 0 Å². The number of hydrogen-bond donors (Lipinski definition) is 2. The third kappa shape index (κ3) is 6.64. The van der Waals surface area contributed by atoms with Gasteiger partial charge in [0.05, 0.1) is 0 Å². The zero-order valence-electron chi connectivity index (χ0n) is 11.5. The molecule has 0 aliphatic carbocycles. The number of anilines is 1. The van der Waals surface area contributed by atoms with E-state index < -0.39 is 0 Å². The van der Waals surface area contributed by atoms with Gasteiger partial charge in [-0.2, -0.15) is 0 Å². The van der Waals surface area contributed by atoms with E-state index in [-0.39, 0.29) is 5.91 Å². The lowest BCUT2D eigenvalue weighted by Gasteiger charge is -2.07. The molecule has 2 N–H and O–H groups in total. The van der Waals surface area contributed by atoms with Gasteiger partial charge in [0.1, 0.15) is 0 Å². The molecule has 102 valence electrons. The van der Waals surface area contributed by atoms with Gasteiger partial charge in [-0.3, -0.25) is 4.79 Å². The van der Waals surface area contributed by atoms with E-state index in [4.69, 9.17) is 6.42 Å². The Morgan fingerprint density at radius 2 is 2.21 bits per heavy atom. The van der Waals surface area contributed by atoms with E-state index >= 15 is 0 Å². The predicted octanol–water partition coefficient (Wildman–Crippen LogP) is 2.93. The molecule has 0 saturated carbocycles. The number of unbranched alkanes of at least 4 members (excludes halogenated alkanes) is 2. The summed E-state index contributed by atoms with van der Waals surface area (Å²) in [4.78, 5) is 11.7. The van der Waals surface area contributed by atoms with Crippen LogP contribution in [-0.4, -0.2) is 12.5 Å². The summed E-state index contributed by atoms with van der Waals surface area (Å²) in [7, 11) is 0. The number of carbonyl (C=O) groups is 1. The molecule has 0 radical (unpaired) electrons. The molecule has 0 saturated heterocycles. The molecule has 19 heavy (non-hydrogen) atoms. The van der Waals surface area contributed by atoms with Crippen LogP contribution >= 0.6 is 0 Å². The van der Waals surface area contributed by atoms with Crippen LogP contribution in [0, 0.1) is 12.3 Å². The van der Waals surface area contributed by atoms with Crippen molar-refractivity contribution in [3.63, 3.8) is 0 Å². The third-order valence-electron chi connectivity index (χ3n) is 2.76. The summed E-state index contributed by atoms with van der Waals surface area (Å²) in [6.07, 6.45) is 8.18. The smallest absolute Gasteiger partial charge is 0.224 e. The van der Waals surface area contributed by atoms with Gasteiger partial charge in [-0.15, -0.1) is 12.3 Å². The highest BCUT2D eigenvalue weighted by molar-refractivity contribution is 5.90. The number of hydrogen-bond acceptors (Lipinski definition) is 2. The molecule has 1 aromatic rings. The standard InChI is InChI=1S/C16H22N2O/c1-3-5-6-7-11-16(19)18-15-10-8-9-14(12-15)13-17-4-2/h1,8-10,12,17H,4-7,11,13H2,2H3,(H,18,19). The van der Waals surface area contributed by atoms with Crippen LogP contribution in [0.25, 0.3) is 0 Å². The zero-order chi connectivity index (χ0) is 13.9. The number of benzene rings is 1. The topological polar surface area (TPSA) is 41.1 Å². The summed E-state index contributed by atoms with van der Waals surface area (Å²) >= 11 is 0. The van der Waals surface area contributed by atoms with Gasteiger partial charge in [-0.1, -0.05) is 19.1 Å². The molecule has 1 amide bonds. The van der Waals surface area contributed by atoms with Gasteiger partial charge >= 0.3 is 0 Å². The minimum atomic E-state index is 0.0534. The Morgan fingerprint density at radius 1 is 1.37 bits per heavy atom. The molecule has 0 aliphatic heterocycles. The lowest BCUT2D eigenvalue weighted by Crippen LogP contribution is -2.13. The maximum atomic E-state index is 11.7. The minimum Gasteiger partial charge on any atom is -0.326 e. The molecule has 0 unspecified atom stereocenters. The largest absolute Gasteiger partial charge is 0.326 e. The number of carbonyl (C=O) groups excluding carboxylic acids is 1. The van der Waals surface area contributed by atoms with Gasteiger partial charge in [0.15, 0.2) is 0 Å². The highest BCUT2D eigenvalue weighted by atomic mass is 16.1. The molecule has 0 aromatic heterocycles. The molecule has 1 rings (SSSR count). The number of amides is 1. The van der Waals surface area contributed by atoms with Crippen molar-refractivity contribution in [3.8, 4) is 12.3 Å². The number of nitrogens with one attached hydrogen (secondary N) is 2. The highest BCUT2D eigenvalue weighted by Crippen LogP contribution is 2.11. The molecule has 0 heterocycles. The van der Waals surface area contributed by atoms with Crippen LogP contribution < -0.4 is 10.6 Å². The molecule has 0 fully saturated rings. The fourth-order valence-electron chi connectivity index (χ4n) is 1.76. The Bertz CT molecular complexity index is 435. The van der Waals surface area contributed by atoms with Crippen LogP contribution in [0.3, 0.4) is 0 Å². The molecule has 0 spiro atoms. The maximum absolute atomic E-state index is 11.7. The fraction of sp³-hybridized carbons (Fsp3) is 0.438. The van der Waals surface area contributed by atoms with Crippen LogP contribution in [0.2, 0.25) is 0 Å². The summed E-state index contributed by atoms with van der Waals surface area (Å²) in [5, 5.41) is 6.18. The van der Waals surface area contributed by atoms with Crippen LogP contribution in [0.1, 0.15) is 38.2 Å². The van der Waals surface area contributed by atoms with Crippen molar-refractivity contribution in [2.24, 2.45) is 0 Å². The highest BCUT2D eigenvalue weighted by Gasteiger charge is 2.02. The Hall–Kier alpha value is -1.79. The maximum Gasteiger partial charge on any atom is 0.224 e. The fourth-order valence-corrected chi connectivity index (χ4v) is 1.76. The Balaban J connectivity index is 2.39. The molecule has 0 atom stereocenters. The molecule has 0 aliphatic rings. The van der Waals surface area contributed by atoms with E-state index in [0.717, 1.165) is 38.0 Å². The second-order valence-corrected chi connectivity index (χ2v) is 4.44. The van der Waals surface area contributed by atoms with Gasteiger partial charge in [-0.05, 0) is 37.1 Å². The van der Waals surface area contributed by atoms with Crippen molar-refractivity contribution < 1.29 is 4.79 Å². The first-order chi connectivity index (χ1) is 9.26. The summed E-state index contributed by atoms with van der Waals surface area (Å²) < 4.78 is 0. The normalized spacial score (nSPS) is 9.89. The van der Waals surface area contributed by atoms with Gasteiger partial charge < -0.3 is 10.6 Å². The summed E-state index contributed by atoms with van der Waals surface area (Å²) in [6, 6.07) is 7.92. The van der Waals surface area contributed by atoms with Crippen molar-refractivity contribution in [1.82, 2.24) is 5.32 Å². The lowest BCUT2D eigenvalue weighted by molar-refractivity contribution is -0.116. The van der Waals surface area contributed by atoms with Crippen molar-refractivity contribution in [1.29, 1.82) is 0 Å². The predicted molar refractivity (Wildman–Crippen MR) is 79.8 cm³/mol. The van der Waals surface area contributed by atoms with Crippen molar-refractivity contribution in [2.45, 2.75) is 39.2 Å². The molecule has 3 heteroatoms. The molecule has 0 bridgehead atoms. The Kier molecular flexibility index (Phi) is 7.38. The molecule has 3 nitrogen and oxygen atoms in total. The minimum absolute atomic E-state index is 0.0534. The summed E-state index contributed by atoms with van der Waals surface area (Å²) in [6.45, 7) is 3.83. The average Bonchev–Trinajstić information content (AvgIpc) is 2.42. The molecule has 1 aromatic carbocycles. The van der Waals surface area contributed by atoms with Gasteiger partial charge in [0.25, 0.3) is 0 Å². The van der Waals surface area contributed by atoms with E-state index in [1.807, 2.05) is 24.3 Å². The Morgan fingerprint density at radius 3 is 2.95 bits per heavy atom. The average molecular weight is 258 g/mol. The van der Waals surface area contributed by atoms with Crippen molar-refractivity contribution in [2.75, 3.05) is 11.9 Å².